The van der Waals surface area contributed by atoms with Crippen LogP contribution in [0.4, 0.5) is 0 Å². The van der Waals surface area contributed by atoms with Gasteiger partial charge in [0.1, 0.15) is 6.04 Å². The van der Waals surface area contributed by atoms with Gasteiger partial charge in [-0.15, -0.1) is 0 Å². The number of para-hydroxylation sites is 1. The summed E-state index contributed by atoms with van der Waals surface area (Å²) >= 11 is 0. The van der Waals surface area contributed by atoms with Crippen molar-refractivity contribution in [2.24, 2.45) is 5.73 Å². The van der Waals surface area contributed by atoms with Crippen molar-refractivity contribution in [2.45, 2.75) is 109 Å². The average Bonchev–Trinajstić information content (AvgIpc) is 3.23. The molecule has 3 N–H and O–H groups in total. The number of benzene rings is 1. The SMILES string of the molecule is CCCCCCCCC=CCCCCCCCCOC(=O)[C@@H](N)Cc1c[nH]c2ccccc12. The number of carbonyl (C=O) groups excluding carboxylic acids is 1. The van der Waals surface area contributed by atoms with Crippen LogP contribution in [-0.4, -0.2) is 23.6 Å². The van der Waals surface area contributed by atoms with Gasteiger partial charge >= 0.3 is 5.97 Å². The fourth-order valence-electron chi connectivity index (χ4n) is 4.25. The highest BCUT2D eigenvalue weighted by Crippen LogP contribution is 2.19. The summed E-state index contributed by atoms with van der Waals surface area (Å²) in [6.45, 7) is 2.74. The number of nitrogens with one attached hydrogen (secondary N) is 1. The minimum Gasteiger partial charge on any atom is -0.465 e. The van der Waals surface area contributed by atoms with Crippen LogP contribution in [0.5, 0.6) is 0 Å². The molecule has 0 saturated carbocycles. The third-order valence-electron chi connectivity index (χ3n) is 6.32. The van der Waals surface area contributed by atoms with Crippen LogP contribution in [0.3, 0.4) is 0 Å². The summed E-state index contributed by atoms with van der Waals surface area (Å²) in [5.41, 5.74) is 8.21. The van der Waals surface area contributed by atoms with Crippen LogP contribution in [0.2, 0.25) is 0 Å². The van der Waals surface area contributed by atoms with E-state index in [1.165, 1.54) is 77.0 Å². The molecule has 0 saturated heterocycles. The normalized spacial score (nSPS) is 12.5. The molecule has 4 heteroatoms. The first-order valence-electron chi connectivity index (χ1n) is 13.3. The number of H-pyrrole nitrogens is 1. The topological polar surface area (TPSA) is 68.1 Å². The number of aromatic nitrogens is 1. The van der Waals surface area contributed by atoms with E-state index in [1.807, 2.05) is 30.5 Å². The predicted octanol–water partition coefficient (Wildman–Crippen LogP) is 7.62. The maximum atomic E-state index is 12.2. The smallest absolute Gasteiger partial charge is 0.323 e. The molecule has 184 valence electrons. The van der Waals surface area contributed by atoms with Crippen LogP contribution in [0.25, 0.3) is 10.9 Å². The lowest BCUT2D eigenvalue weighted by Crippen LogP contribution is -2.34. The quantitative estimate of drug-likeness (QED) is 0.130. The van der Waals surface area contributed by atoms with E-state index in [9.17, 15) is 4.79 Å². The second-order valence-corrected chi connectivity index (χ2v) is 9.28. The first kappa shape index (κ1) is 27.2. The summed E-state index contributed by atoms with van der Waals surface area (Å²) in [4.78, 5) is 15.4. The zero-order valence-electron chi connectivity index (χ0n) is 20.8. The van der Waals surface area contributed by atoms with E-state index in [2.05, 4.69) is 24.1 Å². The van der Waals surface area contributed by atoms with E-state index in [1.54, 1.807) is 0 Å². The molecule has 4 nitrogen and oxygen atoms in total. The number of aromatic amines is 1. The standard InChI is InChI=1S/C29H46N2O2/c1-2-3-4-5-6-7-8-9-10-11-12-13-14-15-16-19-22-33-29(32)27(30)23-25-24-31-28-21-18-17-20-26(25)28/h9-10,17-18,20-21,24,27,31H,2-8,11-16,19,22-23,30H2,1H3/t27-/m0/s1. The lowest BCUT2D eigenvalue weighted by atomic mass is 10.1. The van der Waals surface area contributed by atoms with Gasteiger partial charge < -0.3 is 15.5 Å². The van der Waals surface area contributed by atoms with Crippen molar-refractivity contribution in [3.8, 4) is 0 Å². The molecule has 2 rings (SSSR count). The number of allylic oxidation sites excluding steroid dienone is 2. The summed E-state index contributed by atoms with van der Waals surface area (Å²) in [5.74, 6) is -0.298. The van der Waals surface area contributed by atoms with E-state index in [4.69, 9.17) is 10.5 Å². The van der Waals surface area contributed by atoms with Crippen molar-refractivity contribution in [1.29, 1.82) is 0 Å². The van der Waals surface area contributed by atoms with Gasteiger partial charge in [0.15, 0.2) is 0 Å². The third kappa shape index (κ3) is 11.6. The van der Waals surface area contributed by atoms with Gasteiger partial charge in [-0.1, -0.05) is 95.1 Å². The number of ether oxygens (including phenoxy) is 1. The summed E-state index contributed by atoms with van der Waals surface area (Å²) < 4.78 is 5.40. The number of hydrogen-bond donors (Lipinski definition) is 2. The largest absolute Gasteiger partial charge is 0.465 e. The van der Waals surface area contributed by atoms with Crippen molar-refractivity contribution in [2.75, 3.05) is 6.61 Å². The van der Waals surface area contributed by atoms with Crippen LogP contribution in [0, 0.1) is 0 Å². The molecule has 0 amide bonds. The molecule has 0 aliphatic heterocycles. The van der Waals surface area contributed by atoms with E-state index in [0.29, 0.717) is 13.0 Å². The van der Waals surface area contributed by atoms with E-state index < -0.39 is 6.04 Å². The van der Waals surface area contributed by atoms with Crippen molar-refractivity contribution >= 4 is 16.9 Å². The zero-order chi connectivity index (χ0) is 23.6. The second kappa shape index (κ2) is 17.4. The molecule has 1 atom stereocenters. The lowest BCUT2D eigenvalue weighted by Gasteiger charge is -2.11. The molecular weight excluding hydrogens is 408 g/mol. The van der Waals surface area contributed by atoms with Crippen LogP contribution >= 0.6 is 0 Å². The number of fused-ring (bicyclic) bond motifs is 1. The van der Waals surface area contributed by atoms with Crippen LogP contribution in [-0.2, 0) is 16.0 Å². The fourth-order valence-corrected chi connectivity index (χ4v) is 4.25. The Bertz CT molecular complexity index is 796. The number of esters is 1. The lowest BCUT2D eigenvalue weighted by molar-refractivity contribution is -0.145. The molecule has 0 aliphatic rings. The predicted molar refractivity (Wildman–Crippen MR) is 140 cm³/mol. The Labute approximate surface area is 201 Å². The Morgan fingerprint density at radius 2 is 1.52 bits per heavy atom. The van der Waals surface area contributed by atoms with Crippen molar-refractivity contribution in [3.63, 3.8) is 0 Å². The van der Waals surface area contributed by atoms with Gasteiger partial charge in [0.2, 0.25) is 0 Å². The Morgan fingerprint density at radius 3 is 2.21 bits per heavy atom. The molecule has 0 fully saturated rings. The molecule has 0 aliphatic carbocycles. The van der Waals surface area contributed by atoms with Gasteiger partial charge in [0, 0.05) is 23.5 Å². The Balaban J connectivity index is 1.40. The average molecular weight is 455 g/mol. The van der Waals surface area contributed by atoms with Gasteiger partial charge in [-0.2, -0.15) is 0 Å². The van der Waals surface area contributed by atoms with Crippen LogP contribution in [0.1, 0.15) is 102 Å². The van der Waals surface area contributed by atoms with Gasteiger partial charge in [0.05, 0.1) is 6.61 Å². The number of rotatable bonds is 19. The molecule has 33 heavy (non-hydrogen) atoms. The highest BCUT2D eigenvalue weighted by atomic mass is 16.5. The first-order valence-corrected chi connectivity index (χ1v) is 13.3. The Morgan fingerprint density at radius 1 is 0.909 bits per heavy atom. The molecule has 0 spiro atoms. The minimum atomic E-state index is -0.613. The van der Waals surface area contributed by atoms with Gasteiger partial charge in [-0.05, 0) is 43.7 Å². The molecule has 0 radical (unpaired) electrons. The van der Waals surface area contributed by atoms with E-state index in [-0.39, 0.29) is 5.97 Å². The maximum Gasteiger partial charge on any atom is 0.323 e. The van der Waals surface area contributed by atoms with Crippen LogP contribution in [0.15, 0.2) is 42.6 Å². The van der Waals surface area contributed by atoms with E-state index >= 15 is 0 Å². The van der Waals surface area contributed by atoms with Gasteiger partial charge in [0.25, 0.3) is 0 Å². The molecule has 1 heterocycles. The molecular formula is C29H46N2O2. The second-order valence-electron chi connectivity index (χ2n) is 9.28. The molecule has 2 aromatic rings. The molecule has 1 aromatic carbocycles. The number of carbonyl (C=O) groups is 1. The zero-order valence-corrected chi connectivity index (χ0v) is 20.8. The molecule has 1 aromatic heterocycles. The summed E-state index contributed by atoms with van der Waals surface area (Å²) in [5, 5.41) is 1.12. The monoisotopic (exact) mass is 454 g/mol. The summed E-state index contributed by atoms with van der Waals surface area (Å²) in [6.07, 6.45) is 25.0. The number of nitrogens with two attached hydrogens (primary N) is 1. The third-order valence-corrected chi connectivity index (χ3v) is 6.32. The van der Waals surface area contributed by atoms with Crippen molar-refractivity contribution in [1.82, 2.24) is 4.98 Å². The number of hydrogen-bond acceptors (Lipinski definition) is 3. The summed E-state index contributed by atoms with van der Waals surface area (Å²) in [6, 6.07) is 7.45. The first-order chi connectivity index (χ1) is 16.2. The maximum absolute atomic E-state index is 12.2. The minimum absolute atomic E-state index is 0.298. The van der Waals surface area contributed by atoms with Crippen molar-refractivity contribution in [3.05, 3.63) is 48.2 Å². The Hall–Kier alpha value is -2.07. The summed E-state index contributed by atoms with van der Waals surface area (Å²) in [7, 11) is 0. The Kier molecular flexibility index (Phi) is 14.3. The molecule has 0 bridgehead atoms. The van der Waals surface area contributed by atoms with E-state index in [0.717, 1.165) is 29.3 Å². The van der Waals surface area contributed by atoms with Crippen molar-refractivity contribution < 1.29 is 9.53 Å². The number of unbranched alkanes of at least 4 members (excludes halogenated alkanes) is 12. The fraction of sp³-hybridized carbons (Fsp3) is 0.621. The van der Waals surface area contributed by atoms with Gasteiger partial charge in [-0.25, -0.2) is 0 Å². The highest BCUT2D eigenvalue weighted by Gasteiger charge is 2.17. The molecule has 0 unspecified atom stereocenters. The highest BCUT2D eigenvalue weighted by molar-refractivity contribution is 5.84. The van der Waals surface area contributed by atoms with Crippen LogP contribution < -0.4 is 5.73 Å². The van der Waals surface area contributed by atoms with Gasteiger partial charge in [-0.3, -0.25) is 4.79 Å².